The normalized spacial score (nSPS) is 19.9. The molecule has 0 bridgehead atoms. The molecule has 1 atom stereocenters. The largest absolute Gasteiger partial charge is 0.346 e. The second kappa shape index (κ2) is 6.46. The minimum atomic E-state index is -0.449. The first kappa shape index (κ1) is 16.1. The fourth-order valence-corrected chi connectivity index (χ4v) is 3.82. The number of amides is 1. The smallest absolute Gasteiger partial charge is 0.341 e. The number of carbonyl (C=O) groups excluding carboxylic acids is 1. The van der Waals surface area contributed by atoms with Crippen LogP contribution >= 0.6 is 0 Å². The van der Waals surface area contributed by atoms with Gasteiger partial charge in [-0.05, 0) is 43.4 Å². The lowest BCUT2D eigenvalue weighted by Crippen LogP contribution is -2.41. The first-order chi connectivity index (χ1) is 12.1. The Morgan fingerprint density at radius 3 is 2.80 bits per heavy atom. The van der Waals surface area contributed by atoms with Crippen molar-refractivity contribution in [3.8, 4) is 0 Å². The van der Waals surface area contributed by atoms with Crippen molar-refractivity contribution < 1.29 is 9.18 Å². The summed E-state index contributed by atoms with van der Waals surface area (Å²) < 4.78 is 16.3. The van der Waals surface area contributed by atoms with E-state index >= 15 is 0 Å². The summed E-state index contributed by atoms with van der Waals surface area (Å²) >= 11 is 0. The van der Waals surface area contributed by atoms with Crippen LogP contribution in [0.15, 0.2) is 29.1 Å². The number of likely N-dealkylation sites (tertiary alicyclic amines) is 1. The van der Waals surface area contributed by atoms with E-state index in [1.165, 1.54) is 16.8 Å². The molecule has 7 heteroatoms. The second-order valence-electron chi connectivity index (χ2n) is 6.80. The molecule has 132 valence electrons. The van der Waals surface area contributed by atoms with Crippen molar-refractivity contribution in [2.45, 2.75) is 44.7 Å². The Morgan fingerprint density at radius 1 is 1.24 bits per heavy atom. The van der Waals surface area contributed by atoms with Crippen molar-refractivity contribution in [1.82, 2.24) is 19.2 Å². The number of nitrogens with zero attached hydrogens (tertiary/aromatic N) is 4. The predicted molar refractivity (Wildman–Crippen MR) is 89.8 cm³/mol. The van der Waals surface area contributed by atoms with E-state index in [4.69, 9.17) is 0 Å². The van der Waals surface area contributed by atoms with Gasteiger partial charge in [0.15, 0.2) is 0 Å². The predicted octanol–water partition coefficient (Wildman–Crippen LogP) is 1.73. The minimum Gasteiger partial charge on any atom is -0.341 e. The Hall–Kier alpha value is -2.44. The third-order valence-electron chi connectivity index (χ3n) is 5.05. The molecule has 1 unspecified atom stereocenters. The average molecular weight is 344 g/mol. The number of aryl methyl sites for hydroxylation is 1. The van der Waals surface area contributed by atoms with Gasteiger partial charge in [-0.3, -0.25) is 9.36 Å². The monoisotopic (exact) mass is 344 g/mol. The summed E-state index contributed by atoms with van der Waals surface area (Å²) in [4.78, 5) is 27.5. The summed E-state index contributed by atoms with van der Waals surface area (Å²) in [6.45, 7) is 1.76. The third-order valence-corrected chi connectivity index (χ3v) is 5.05. The molecule has 0 spiro atoms. The van der Waals surface area contributed by atoms with Crippen molar-refractivity contribution in [1.29, 1.82) is 0 Å². The maximum Gasteiger partial charge on any atom is 0.346 e. The van der Waals surface area contributed by atoms with E-state index in [2.05, 4.69) is 5.10 Å². The number of fused-ring (bicyclic) bond motifs is 1. The van der Waals surface area contributed by atoms with E-state index in [0.29, 0.717) is 24.2 Å². The van der Waals surface area contributed by atoms with Gasteiger partial charge in [0.25, 0.3) is 0 Å². The molecule has 4 rings (SSSR count). The Bertz CT molecular complexity index is 851. The maximum atomic E-state index is 13.4. The van der Waals surface area contributed by atoms with Crippen LogP contribution in [0.2, 0.25) is 0 Å². The molecule has 3 heterocycles. The first-order valence-corrected chi connectivity index (χ1v) is 8.85. The van der Waals surface area contributed by atoms with Crippen LogP contribution in [-0.2, 0) is 17.8 Å². The molecule has 2 aliphatic heterocycles. The van der Waals surface area contributed by atoms with Gasteiger partial charge in [0.2, 0.25) is 5.91 Å². The Kier molecular flexibility index (Phi) is 4.15. The number of aromatic nitrogens is 3. The average Bonchev–Trinajstić information content (AvgIpc) is 3.24. The molecule has 6 nitrogen and oxygen atoms in total. The van der Waals surface area contributed by atoms with E-state index < -0.39 is 6.04 Å². The van der Waals surface area contributed by atoms with Crippen LogP contribution in [0.3, 0.4) is 0 Å². The SMILES string of the molecule is O=C(C1CCCc2nn(Cc3cccc(F)c3)c(=O)n21)N1CCCC1. The van der Waals surface area contributed by atoms with E-state index in [0.717, 1.165) is 32.4 Å². The number of benzene rings is 1. The van der Waals surface area contributed by atoms with E-state index in [-0.39, 0.29) is 24.0 Å². The number of hydrogen-bond acceptors (Lipinski definition) is 3. The summed E-state index contributed by atoms with van der Waals surface area (Å²) in [5.74, 6) is 0.354. The summed E-state index contributed by atoms with van der Waals surface area (Å²) in [5.41, 5.74) is 0.400. The van der Waals surface area contributed by atoms with Crippen LogP contribution in [0, 0.1) is 5.82 Å². The molecule has 1 amide bonds. The lowest BCUT2D eigenvalue weighted by molar-refractivity contribution is -0.134. The Morgan fingerprint density at radius 2 is 2.04 bits per heavy atom. The van der Waals surface area contributed by atoms with Crippen molar-refractivity contribution >= 4 is 5.91 Å². The van der Waals surface area contributed by atoms with Gasteiger partial charge in [0.1, 0.15) is 17.7 Å². The van der Waals surface area contributed by atoms with Gasteiger partial charge >= 0.3 is 5.69 Å². The van der Waals surface area contributed by atoms with Crippen LogP contribution < -0.4 is 5.69 Å². The van der Waals surface area contributed by atoms with Crippen LogP contribution in [0.4, 0.5) is 4.39 Å². The molecule has 0 aliphatic carbocycles. The molecule has 25 heavy (non-hydrogen) atoms. The molecular formula is C18H21FN4O2. The van der Waals surface area contributed by atoms with Crippen LogP contribution in [0.5, 0.6) is 0 Å². The summed E-state index contributed by atoms with van der Waals surface area (Å²) in [6.07, 6.45) is 4.27. The summed E-state index contributed by atoms with van der Waals surface area (Å²) in [6, 6.07) is 5.70. The molecule has 2 aliphatic rings. The zero-order chi connectivity index (χ0) is 17.4. The molecule has 2 aromatic rings. The maximum absolute atomic E-state index is 13.4. The lowest BCUT2D eigenvalue weighted by Gasteiger charge is -2.27. The highest BCUT2D eigenvalue weighted by Crippen LogP contribution is 2.25. The zero-order valence-electron chi connectivity index (χ0n) is 14.0. The molecular weight excluding hydrogens is 323 g/mol. The minimum absolute atomic E-state index is 0.0332. The van der Waals surface area contributed by atoms with Gasteiger partial charge < -0.3 is 4.90 Å². The molecule has 0 radical (unpaired) electrons. The van der Waals surface area contributed by atoms with Gasteiger partial charge in [0, 0.05) is 19.5 Å². The number of hydrogen-bond donors (Lipinski definition) is 0. The number of halogens is 1. The van der Waals surface area contributed by atoms with Crippen molar-refractivity contribution in [2.24, 2.45) is 0 Å². The van der Waals surface area contributed by atoms with Crippen LogP contribution in [-0.4, -0.2) is 38.2 Å². The van der Waals surface area contributed by atoms with Crippen LogP contribution in [0.25, 0.3) is 0 Å². The van der Waals surface area contributed by atoms with Gasteiger partial charge in [0.05, 0.1) is 6.54 Å². The lowest BCUT2D eigenvalue weighted by atomic mass is 10.0. The summed E-state index contributed by atoms with van der Waals surface area (Å²) in [5, 5.41) is 4.41. The topological polar surface area (TPSA) is 60.1 Å². The number of rotatable bonds is 3. The number of carbonyl (C=O) groups is 1. The Balaban J connectivity index is 1.65. The quantitative estimate of drug-likeness (QED) is 0.852. The second-order valence-corrected chi connectivity index (χ2v) is 6.80. The van der Waals surface area contributed by atoms with Crippen molar-refractivity contribution in [3.63, 3.8) is 0 Å². The summed E-state index contributed by atoms with van der Waals surface area (Å²) in [7, 11) is 0. The van der Waals surface area contributed by atoms with Gasteiger partial charge in [-0.2, -0.15) is 5.10 Å². The van der Waals surface area contributed by atoms with Crippen LogP contribution in [0.1, 0.15) is 43.1 Å². The molecule has 0 N–H and O–H groups in total. The zero-order valence-corrected chi connectivity index (χ0v) is 14.0. The van der Waals surface area contributed by atoms with E-state index in [1.54, 1.807) is 16.7 Å². The fourth-order valence-electron chi connectivity index (χ4n) is 3.82. The van der Waals surface area contributed by atoms with Gasteiger partial charge in [-0.15, -0.1) is 0 Å². The molecule has 1 aromatic heterocycles. The van der Waals surface area contributed by atoms with E-state index in [1.807, 2.05) is 4.90 Å². The van der Waals surface area contributed by atoms with Gasteiger partial charge in [-0.25, -0.2) is 13.9 Å². The van der Waals surface area contributed by atoms with Crippen molar-refractivity contribution in [3.05, 3.63) is 52.0 Å². The Labute approximate surface area is 144 Å². The highest BCUT2D eigenvalue weighted by molar-refractivity contribution is 5.80. The third kappa shape index (κ3) is 2.99. The molecule has 1 saturated heterocycles. The standard InChI is InChI=1S/C18H21FN4O2/c19-14-6-3-5-13(11-14)12-22-18(25)23-15(7-4-8-16(23)20-22)17(24)21-9-1-2-10-21/h3,5-6,11,15H,1-2,4,7-10,12H2. The fraction of sp³-hybridized carbons (Fsp3) is 0.500. The highest BCUT2D eigenvalue weighted by atomic mass is 19.1. The van der Waals surface area contributed by atoms with E-state index in [9.17, 15) is 14.0 Å². The molecule has 0 saturated carbocycles. The first-order valence-electron chi connectivity index (χ1n) is 8.85. The molecule has 1 aromatic carbocycles. The van der Waals surface area contributed by atoms with Gasteiger partial charge in [-0.1, -0.05) is 12.1 Å². The molecule has 1 fully saturated rings. The highest BCUT2D eigenvalue weighted by Gasteiger charge is 2.34. The van der Waals surface area contributed by atoms with Crippen molar-refractivity contribution in [2.75, 3.05) is 13.1 Å².